The number of amides is 2. The number of urea groups is 1. The highest BCUT2D eigenvalue weighted by Crippen LogP contribution is 2.21. The third-order valence-corrected chi connectivity index (χ3v) is 3.09. The number of furan rings is 1. The van der Waals surface area contributed by atoms with E-state index in [2.05, 4.69) is 10.6 Å². The average Bonchev–Trinajstić information content (AvgIpc) is 3.08. The van der Waals surface area contributed by atoms with Crippen molar-refractivity contribution in [3.05, 3.63) is 48.4 Å². The fourth-order valence-electron chi connectivity index (χ4n) is 2.10. The summed E-state index contributed by atoms with van der Waals surface area (Å²) in [6, 6.07) is 9.73. The first-order chi connectivity index (χ1) is 9.33. The molecule has 0 saturated carbocycles. The fourth-order valence-corrected chi connectivity index (χ4v) is 2.10. The molecule has 2 N–H and O–H groups in total. The lowest BCUT2D eigenvalue weighted by Gasteiger charge is -2.15. The van der Waals surface area contributed by atoms with Crippen LogP contribution in [0.2, 0.25) is 0 Å². The number of hydrogen-bond acceptors (Lipinski definition) is 3. The summed E-state index contributed by atoms with van der Waals surface area (Å²) in [6.07, 6.45) is 3.37. The summed E-state index contributed by atoms with van der Waals surface area (Å²) < 4.78 is 5.02. The number of hydrogen-bond donors (Lipinski definition) is 2. The minimum Gasteiger partial charge on any atom is -0.472 e. The molecule has 2 amide bonds. The quantitative estimate of drug-likeness (QED) is 0.884. The number of rotatable bonds is 4. The van der Waals surface area contributed by atoms with E-state index in [9.17, 15) is 4.79 Å². The Bertz CT molecular complexity index is 566. The Labute approximate surface area is 111 Å². The van der Waals surface area contributed by atoms with Crippen molar-refractivity contribution in [1.82, 2.24) is 5.32 Å². The van der Waals surface area contributed by atoms with E-state index in [0.717, 1.165) is 16.9 Å². The van der Waals surface area contributed by atoms with Crippen LogP contribution in [0.25, 0.3) is 0 Å². The second kappa shape index (κ2) is 5.06. The second-order valence-electron chi connectivity index (χ2n) is 4.42. The van der Waals surface area contributed by atoms with Crippen LogP contribution in [-0.4, -0.2) is 19.1 Å². The van der Waals surface area contributed by atoms with Gasteiger partial charge in [0.2, 0.25) is 0 Å². The first kappa shape index (κ1) is 11.6. The van der Waals surface area contributed by atoms with Gasteiger partial charge in [-0.25, -0.2) is 4.79 Å². The van der Waals surface area contributed by atoms with Crippen molar-refractivity contribution in [3.8, 4) is 0 Å². The van der Waals surface area contributed by atoms with Crippen molar-refractivity contribution < 1.29 is 9.21 Å². The maximum absolute atomic E-state index is 11.6. The summed E-state index contributed by atoms with van der Waals surface area (Å²) in [5, 5.41) is 6.10. The van der Waals surface area contributed by atoms with Crippen LogP contribution in [-0.2, 0) is 6.54 Å². The van der Waals surface area contributed by atoms with Gasteiger partial charge in [-0.15, -0.1) is 0 Å². The molecule has 1 aliphatic rings. The highest BCUT2D eigenvalue weighted by atomic mass is 16.3. The SMILES string of the molecule is O=C1NCCN1c1cccc(NCc2ccoc2)c1. The number of nitrogens with one attached hydrogen (secondary N) is 2. The molecular formula is C14H15N3O2. The lowest BCUT2D eigenvalue weighted by Crippen LogP contribution is -2.27. The van der Waals surface area contributed by atoms with Crippen LogP contribution in [0.15, 0.2) is 47.3 Å². The molecule has 5 nitrogen and oxygen atoms in total. The van der Waals surface area contributed by atoms with Crippen molar-refractivity contribution in [3.63, 3.8) is 0 Å². The van der Waals surface area contributed by atoms with Gasteiger partial charge in [-0.05, 0) is 24.3 Å². The van der Waals surface area contributed by atoms with Crippen molar-refractivity contribution in [2.24, 2.45) is 0 Å². The number of carbonyl (C=O) groups excluding carboxylic acids is 1. The van der Waals surface area contributed by atoms with Crippen LogP contribution >= 0.6 is 0 Å². The minimum atomic E-state index is -0.0352. The Hall–Kier alpha value is -2.43. The van der Waals surface area contributed by atoms with E-state index in [-0.39, 0.29) is 6.03 Å². The molecular weight excluding hydrogens is 242 g/mol. The average molecular weight is 257 g/mol. The standard InChI is InChI=1S/C14H15N3O2/c18-14-15-5-6-17(14)13-3-1-2-12(8-13)16-9-11-4-7-19-10-11/h1-4,7-8,10,16H,5-6,9H2,(H,15,18). The third kappa shape index (κ3) is 2.54. The molecule has 5 heteroatoms. The number of nitrogens with zero attached hydrogens (tertiary/aromatic N) is 1. The smallest absolute Gasteiger partial charge is 0.321 e. The van der Waals surface area contributed by atoms with E-state index in [1.807, 2.05) is 30.3 Å². The monoisotopic (exact) mass is 257 g/mol. The van der Waals surface area contributed by atoms with Gasteiger partial charge in [-0.1, -0.05) is 6.07 Å². The predicted molar refractivity (Wildman–Crippen MR) is 73.2 cm³/mol. The van der Waals surface area contributed by atoms with E-state index >= 15 is 0 Å². The van der Waals surface area contributed by atoms with Crippen LogP contribution in [0.5, 0.6) is 0 Å². The van der Waals surface area contributed by atoms with E-state index in [4.69, 9.17) is 4.42 Å². The van der Waals surface area contributed by atoms with Gasteiger partial charge in [0, 0.05) is 36.6 Å². The van der Waals surface area contributed by atoms with Crippen molar-refractivity contribution in [2.75, 3.05) is 23.3 Å². The number of carbonyl (C=O) groups is 1. The Balaban J connectivity index is 1.71. The first-order valence-electron chi connectivity index (χ1n) is 6.23. The van der Waals surface area contributed by atoms with Gasteiger partial charge in [-0.2, -0.15) is 0 Å². The molecule has 1 aliphatic heterocycles. The van der Waals surface area contributed by atoms with Crippen LogP contribution in [0.1, 0.15) is 5.56 Å². The molecule has 0 spiro atoms. The fraction of sp³-hybridized carbons (Fsp3) is 0.214. The molecule has 0 atom stereocenters. The van der Waals surface area contributed by atoms with Gasteiger partial charge in [0.15, 0.2) is 0 Å². The zero-order valence-electron chi connectivity index (χ0n) is 10.4. The molecule has 1 aromatic carbocycles. The van der Waals surface area contributed by atoms with E-state index in [1.165, 1.54) is 0 Å². The van der Waals surface area contributed by atoms with Crippen LogP contribution in [0, 0.1) is 0 Å². The van der Waals surface area contributed by atoms with Crippen LogP contribution < -0.4 is 15.5 Å². The maximum Gasteiger partial charge on any atom is 0.321 e. The highest BCUT2D eigenvalue weighted by molar-refractivity contribution is 5.94. The number of benzene rings is 1. The highest BCUT2D eigenvalue weighted by Gasteiger charge is 2.20. The van der Waals surface area contributed by atoms with Crippen LogP contribution in [0.3, 0.4) is 0 Å². The zero-order chi connectivity index (χ0) is 13.1. The molecule has 2 aromatic rings. The van der Waals surface area contributed by atoms with Gasteiger partial charge in [0.25, 0.3) is 0 Å². The molecule has 0 bridgehead atoms. The summed E-state index contributed by atoms with van der Waals surface area (Å²) in [5.41, 5.74) is 2.98. The lowest BCUT2D eigenvalue weighted by atomic mass is 10.2. The van der Waals surface area contributed by atoms with Gasteiger partial charge < -0.3 is 15.1 Å². The second-order valence-corrected chi connectivity index (χ2v) is 4.42. The molecule has 0 radical (unpaired) electrons. The molecule has 19 heavy (non-hydrogen) atoms. The van der Waals surface area contributed by atoms with E-state index < -0.39 is 0 Å². The Morgan fingerprint density at radius 3 is 3.05 bits per heavy atom. The summed E-state index contributed by atoms with van der Waals surface area (Å²) in [6.45, 7) is 2.11. The van der Waals surface area contributed by atoms with Crippen molar-refractivity contribution in [1.29, 1.82) is 0 Å². The Kier molecular flexibility index (Phi) is 3.10. The summed E-state index contributed by atoms with van der Waals surface area (Å²) in [7, 11) is 0. The van der Waals surface area contributed by atoms with Gasteiger partial charge >= 0.3 is 6.03 Å². The largest absolute Gasteiger partial charge is 0.472 e. The summed E-state index contributed by atoms with van der Waals surface area (Å²) >= 11 is 0. The van der Waals surface area contributed by atoms with Crippen molar-refractivity contribution >= 4 is 17.4 Å². The van der Waals surface area contributed by atoms with E-state index in [1.54, 1.807) is 17.4 Å². The molecule has 1 saturated heterocycles. The molecule has 0 unspecified atom stereocenters. The summed E-state index contributed by atoms with van der Waals surface area (Å²) in [5.74, 6) is 0. The van der Waals surface area contributed by atoms with Gasteiger partial charge in [-0.3, -0.25) is 4.90 Å². The zero-order valence-corrected chi connectivity index (χ0v) is 10.4. The predicted octanol–water partition coefficient (Wildman–Crippen LogP) is 2.42. The molecule has 1 aromatic heterocycles. The topological polar surface area (TPSA) is 57.5 Å². The van der Waals surface area contributed by atoms with E-state index in [0.29, 0.717) is 19.6 Å². The van der Waals surface area contributed by atoms with Gasteiger partial charge in [0.05, 0.1) is 12.5 Å². The normalized spacial score (nSPS) is 14.5. The first-order valence-corrected chi connectivity index (χ1v) is 6.23. The molecule has 1 fully saturated rings. The van der Waals surface area contributed by atoms with Gasteiger partial charge in [0.1, 0.15) is 0 Å². The maximum atomic E-state index is 11.6. The molecule has 2 heterocycles. The van der Waals surface area contributed by atoms with Crippen molar-refractivity contribution in [2.45, 2.75) is 6.54 Å². The minimum absolute atomic E-state index is 0.0352. The number of anilines is 2. The Morgan fingerprint density at radius 2 is 2.32 bits per heavy atom. The molecule has 98 valence electrons. The Morgan fingerprint density at radius 1 is 1.37 bits per heavy atom. The van der Waals surface area contributed by atoms with Crippen LogP contribution in [0.4, 0.5) is 16.2 Å². The summed E-state index contributed by atoms with van der Waals surface area (Å²) in [4.78, 5) is 13.4. The molecule has 3 rings (SSSR count). The molecule has 0 aliphatic carbocycles. The third-order valence-electron chi connectivity index (χ3n) is 3.09. The lowest BCUT2D eigenvalue weighted by molar-refractivity contribution is 0.252.